The van der Waals surface area contributed by atoms with E-state index in [0.29, 0.717) is 24.3 Å². The predicted octanol–water partition coefficient (Wildman–Crippen LogP) is 1.50. The number of ether oxygens (including phenoxy) is 1. The number of carboxylic acid groups (broad SMARTS) is 1. The molecule has 1 aromatic rings. The molecule has 17 heavy (non-hydrogen) atoms. The van der Waals surface area contributed by atoms with Crippen LogP contribution in [0.2, 0.25) is 0 Å². The van der Waals surface area contributed by atoms with E-state index in [1.807, 2.05) is 0 Å². The maximum absolute atomic E-state index is 13.3. The molecular weight excluding hydrogens is 225 g/mol. The van der Waals surface area contributed by atoms with E-state index < -0.39 is 17.8 Å². The summed E-state index contributed by atoms with van der Waals surface area (Å²) in [5, 5.41) is 11.9. The summed E-state index contributed by atoms with van der Waals surface area (Å²) in [6, 6.07) is 3.50. The molecule has 0 spiro atoms. The average molecular weight is 241 g/mol. The van der Waals surface area contributed by atoms with Gasteiger partial charge in [-0.1, -0.05) is 12.1 Å². The molecular formula is C12H16FNO3. The maximum Gasteiger partial charge on any atom is 0.325 e. The van der Waals surface area contributed by atoms with Gasteiger partial charge in [-0.05, 0) is 24.1 Å². The highest BCUT2D eigenvalue weighted by atomic mass is 19.1. The summed E-state index contributed by atoms with van der Waals surface area (Å²) in [5.41, 5.74) is 0.895. The lowest BCUT2D eigenvalue weighted by Gasteiger charge is -2.15. The van der Waals surface area contributed by atoms with E-state index in [1.54, 1.807) is 19.1 Å². The minimum atomic E-state index is -1.04. The second-order valence-corrected chi connectivity index (χ2v) is 3.73. The van der Waals surface area contributed by atoms with Crippen LogP contribution in [-0.2, 0) is 9.53 Å². The van der Waals surface area contributed by atoms with Gasteiger partial charge in [-0.25, -0.2) is 4.39 Å². The van der Waals surface area contributed by atoms with Crippen molar-refractivity contribution in [3.8, 4) is 0 Å². The molecule has 0 bridgehead atoms. The molecule has 0 amide bonds. The third kappa shape index (κ3) is 3.80. The number of halogens is 1. The molecule has 0 aliphatic heterocycles. The Kier molecular flexibility index (Phi) is 5.06. The Hall–Kier alpha value is -1.46. The summed E-state index contributed by atoms with van der Waals surface area (Å²) >= 11 is 0. The summed E-state index contributed by atoms with van der Waals surface area (Å²) in [5.74, 6) is -1.44. The maximum atomic E-state index is 13.3. The van der Waals surface area contributed by atoms with E-state index in [0.717, 1.165) is 0 Å². The summed E-state index contributed by atoms with van der Waals surface area (Å²) in [6.45, 7) is 2.42. The van der Waals surface area contributed by atoms with Crippen LogP contribution < -0.4 is 5.32 Å². The van der Waals surface area contributed by atoms with Crippen LogP contribution in [0.5, 0.6) is 0 Å². The van der Waals surface area contributed by atoms with Crippen molar-refractivity contribution in [2.45, 2.75) is 13.0 Å². The molecule has 5 heteroatoms. The smallest absolute Gasteiger partial charge is 0.325 e. The molecule has 0 saturated heterocycles. The zero-order valence-electron chi connectivity index (χ0n) is 9.87. The Morgan fingerprint density at radius 2 is 2.29 bits per heavy atom. The van der Waals surface area contributed by atoms with Crippen LogP contribution in [0.25, 0.3) is 0 Å². The van der Waals surface area contributed by atoms with Crippen LogP contribution >= 0.6 is 0 Å². The van der Waals surface area contributed by atoms with Crippen LogP contribution in [-0.4, -0.2) is 31.3 Å². The Morgan fingerprint density at radius 1 is 1.59 bits per heavy atom. The van der Waals surface area contributed by atoms with Gasteiger partial charge in [0.1, 0.15) is 11.9 Å². The molecule has 0 aromatic heterocycles. The Bertz CT molecular complexity index is 395. The van der Waals surface area contributed by atoms with Crippen molar-refractivity contribution in [2.75, 3.05) is 20.3 Å². The summed E-state index contributed by atoms with van der Waals surface area (Å²) in [7, 11) is 1.53. The molecule has 1 unspecified atom stereocenters. The average Bonchev–Trinajstić information content (AvgIpc) is 2.28. The second kappa shape index (κ2) is 6.32. The minimum absolute atomic E-state index is 0.392. The lowest BCUT2D eigenvalue weighted by Crippen LogP contribution is -2.31. The standard InChI is InChI=1S/C12H16FNO3/c1-8-3-4-9(7-10(8)13)11(12(15)16)14-5-6-17-2/h3-4,7,11,14H,5-6H2,1-2H3,(H,15,16). The zero-order chi connectivity index (χ0) is 12.8. The van der Waals surface area contributed by atoms with Gasteiger partial charge in [-0.15, -0.1) is 0 Å². The lowest BCUT2D eigenvalue weighted by molar-refractivity contribution is -0.139. The van der Waals surface area contributed by atoms with Gasteiger partial charge in [0.05, 0.1) is 6.61 Å². The fourth-order valence-electron chi connectivity index (χ4n) is 1.44. The third-order valence-electron chi connectivity index (χ3n) is 2.43. The number of aliphatic carboxylic acids is 1. The van der Waals surface area contributed by atoms with Crippen LogP contribution in [0.15, 0.2) is 18.2 Å². The monoisotopic (exact) mass is 241 g/mol. The van der Waals surface area contributed by atoms with Crippen molar-refractivity contribution < 1.29 is 19.0 Å². The first-order valence-electron chi connectivity index (χ1n) is 5.27. The summed E-state index contributed by atoms with van der Waals surface area (Å²) < 4.78 is 18.2. The SMILES string of the molecule is COCCNC(C(=O)O)c1ccc(C)c(F)c1. The number of methoxy groups -OCH3 is 1. The quantitative estimate of drug-likeness (QED) is 0.741. The van der Waals surface area contributed by atoms with E-state index in [-0.39, 0.29) is 0 Å². The molecule has 94 valence electrons. The first-order chi connectivity index (χ1) is 8.06. The van der Waals surface area contributed by atoms with Crippen molar-refractivity contribution in [2.24, 2.45) is 0 Å². The molecule has 0 heterocycles. The normalized spacial score (nSPS) is 12.4. The van der Waals surface area contributed by atoms with Crippen LogP contribution in [0, 0.1) is 12.7 Å². The number of aryl methyl sites for hydroxylation is 1. The van der Waals surface area contributed by atoms with Gasteiger partial charge < -0.3 is 9.84 Å². The van der Waals surface area contributed by atoms with E-state index in [9.17, 15) is 9.18 Å². The molecule has 0 aliphatic rings. The minimum Gasteiger partial charge on any atom is -0.480 e. The van der Waals surface area contributed by atoms with Crippen molar-refractivity contribution in [3.63, 3.8) is 0 Å². The highest BCUT2D eigenvalue weighted by Crippen LogP contribution is 2.16. The predicted molar refractivity (Wildman–Crippen MR) is 61.4 cm³/mol. The first kappa shape index (κ1) is 13.6. The van der Waals surface area contributed by atoms with Crippen LogP contribution in [0.1, 0.15) is 17.2 Å². The van der Waals surface area contributed by atoms with Crippen molar-refractivity contribution in [1.29, 1.82) is 0 Å². The number of nitrogens with one attached hydrogen (secondary N) is 1. The largest absolute Gasteiger partial charge is 0.480 e. The lowest BCUT2D eigenvalue weighted by atomic mass is 10.0. The Labute approximate surface area is 99.4 Å². The van der Waals surface area contributed by atoms with Gasteiger partial charge >= 0.3 is 5.97 Å². The van der Waals surface area contributed by atoms with Gasteiger partial charge in [0.15, 0.2) is 0 Å². The molecule has 2 N–H and O–H groups in total. The number of carbonyl (C=O) groups is 1. The van der Waals surface area contributed by atoms with Crippen molar-refractivity contribution in [1.82, 2.24) is 5.32 Å². The number of benzene rings is 1. The van der Waals surface area contributed by atoms with Crippen LogP contribution in [0.4, 0.5) is 4.39 Å². The van der Waals surface area contributed by atoms with E-state index in [2.05, 4.69) is 5.32 Å². The summed E-state index contributed by atoms with van der Waals surface area (Å²) in [6.07, 6.45) is 0. The zero-order valence-corrected chi connectivity index (χ0v) is 9.87. The van der Waals surface area contributed by atoms with E-state index >= 15 is 0 Å². The molecule has 1 rings (SSSR count). The topological polar surface area (TPSA) is 58.6 Å². The fraction of sp³-hybridized carbons (Fsp3) is 0.417. The molecule has 4 nitrogen and oxygen atoms in total. The molecule has 1 atom stereocenters. The highest BCUT2D eigenvalue weighted by Gasteiger charge is 2.19. The van der Waals surface area contributed by atoms with Crippen molar-refractivity contribution >= 4 is 5.97 Å². The highest BCUT2D eigenvalue weighted by molar-refractivity contribution is 5.75. The Balaban J connectivity index is 2.82. The van der Waals surface area contributed by atoms with Gasteiger partial charge in [-0.2, -0.15) is 0 Å². The van der Waals surface area contributed by atoms with E-state index in [4.69, 9.17) is 9.84 Å². The molecule has 0 saturated carbocycles. The molecule has 1 aromatic carbocycles. The van der Waals surface area contributed by atoms with E-state index in [1.165, 1.54) is 13.2 Å². The molecule has 0 radical (unpaired) electrons. The van der Waals surface area contributed by atoms with Crippen LogP contribution in [0.3, 0.4) is 0 Å². The van der Waals surface area contributed by atoms with Crippen molar-refractivity contribution in [3.05, 3.63) is 35.1 Å². The Morgan fingerprint density at radius 3 is 2.82 bits per heavy atom. The number of carboxylic acids is 1. The third-order valence-corrected chi connectivity index (χ3v) is 2.43. The number of hydrogen-bond donors (Lipinski definition) is 2. The molecule has 0 fully saturated rings. The fourth-order valence-corrected chi connectivity index (χ4v) is 1.44. The number of hydrogen-bond acceptors (Lipinski definition) is 3. The van der Waals surface area contributed by atoms with Gasteiger partial charge in [0.25, 0.3) is 0 Å². The van der Waals surface area contributed by atoms with Gasteiger partial charge in [0.2, 0.25) is 0 Å². The number of rotatable bonds is 6. The van der Waals surface area contributed by atoms with Gasteiger partial charge in [0, 0.05) is 13.7 Å². The first-order valence-corrected chi connectivity index (χ1v) is 5.27. The second-order valence-electron chi connectivity index (χ2n) is 3.73. The molecule has 0 aliphatic carbocycles. The van der Waals surface area contributed by atoms with Gasteiger partial charge in [-0.3, -0.25) is 10.1 Å². The summed E-state index contributed by atoms with van der Waals surface area (Å²) in [4.78, 5) is 11.1.